The molecular formula is C13H23N5O2. The number of nitrogens with two attached hydrogens (primary N) is 1. The summed E-state index contributed by atoms with van der Waals surface area (Å²) in [5.74, 6) is -0.527. The molecule has 7 nitrogen and oxygen atoms in total. The number of anilines is 1. The van der Waals surface area contributed by atoms with Crippen LogP contribution in [0.1, 0.15) is 42.9 Å². The molecular weight excluding hydrogens is 258 g/mol. The first-order chi connectivity index (χ1) is 9.54. The van der Waals surface area contributed by atoms with Gasteiger partial charge in [0.1, 0.15) is 0 Å². The maximum atomic E-state index is 12.4. The minimum Gasteiger partial charge on any atom is -0.395 e. The molecule has 0 fully saturated rings. The lowest BCUT2D eigenvalue weighted by atomic mass is 10.2. The average Bonchev–Trinajstić information content (AvgIpc) is 2.79. The Morgan fingerprint density at radius 2 is 2.05 bits per heavy atom. The lowest BCUT2D eigenvalue weighted by Crippen LogP contribution is -2.40. The van der Waals surface area contributed by atoms with Gasteiger partial charge in [0.05, 0.1) is 17.9 Å². The molecule has 0 unspecified atom stereocenters. The molecule has 20 heavy (non-hydrogen) atoms. The summed E-state index contributed by atoms with van der Waals surface area (Å²) in [5.41, 5.74) is 7.30. The largest absolute Gasteiger partial charge is 0.395 e. The molecule has 0 atom stereocenters. The fourth-order valence-corrected chi connectivity index (χ4v) is 1.91. The van der Waals surface area contributed by atoms with Crippen molar-refractivity contribution in [3.63, 3.8) is 0 Å². The topological polar surface area (TPSA) is 104 Å². The van der Waals surface area contributed by atoms with Gasteiger partial charge in [0, 0.05) is 13.6 Å². The summed E-state index contributed by atoms with van der Waals surface area (Å²) in [5, 5.41) is 9.30. The number of aromatic nitrogens is 2. The number of rotatable bonds is 7. The highest BCUT2D eigenvalue weighted by molar-refractivity contribution is 5.99. The predicted octanol–water partition coefficient (Wildman–Crippen LogP) is 0.543. The van der Waals surface area contributed by atoms with Crippen molar-refractivity contribution in [3.05, 3.63) is 11.4 Å². The van der Waals surface area contributed by atoms with E-state index in [0.29, 0.717) is 12.2 Å². The van der Waals surface area contributed by atoms with Gasteiger partial charge in [-0.05, 0) is 12.8 Å². The molecule has 1 aromatic heterocycles. The second kappa shape index (κ2) is 7.52. The van der Waals surface area contributed by atoms with Crippen molar-refractivity contribution in [3.8, 4) is 0 Å². The van der Waals surface area contributed by atoms with Crippen LogP contribution in [0.4, 0.5) is 5.69 Å². The molecule has 0 aliphatic carbocycles. The number of nitrogens with zero attached hydrogens (tertiary/aromatic N) is 2. The maximum absolute atomic E-state index is 12.4. The summed E-state index contributed by atoms with van der Waals surface area (Å²) < 4.78 is 0. The highest BCUT2D eigenvalue weighted by Gasteiger charge is 2.23. The number of nitrogen functional groups attached to an aromatic ring is 1. The van der Waals surface area contributed by atoms with Gasteiger partial charge in [0.2, 0.25) is 5.91 Å². The Bertz CT molecular complexity index is 469. The Kier molecular flexibility index (Phi) is 6.02. The highest BCUT2D eigenvalue weighted by atomic mass is 16.2. The van der Waals surface area contributed by atoms with E-state index in [0.717, 1.165) is 25.0 Å². The first-order valence-electron chi connectivity index (χ1n) is 6.87. The maximum Gasteiger partial charge on any atom is 0.276 e. The van der Waals surface area contributed by atoms with Crippen LogP contribution in [-0.4, -0.2) is 47.0 Å². The zero-order valence-electron chi connectivity index (χ0n) is 12.3. The Morgan fingerprint density at radius 3 is 2.60 bits per heavy atom. The van der Waals surface area contributed by atoms with Gasteiger partial charge in [-0.3, -0.25) is 14.7 Å². The predicted molar refractivity (Wildman–Crippen MR) is 77.3 cm³/mol. The molecule has 4 N–H and O–H groups in total. The van der Waals surface area contributed by atoms with Crippen molar-refractivity contribution in [2.24, 2.45) is 0 Å². The molecule has 1 aromatic rings. The zero-order valence-corrected chi connectivity index (χ0v) is 12.3. The number of carbonyl (C=O) groups excluding carboxylic acids is 2. The minimum absolute atomic E-state index is 0.0125. The van der Waals surface area contributed by atoms with E-state index < -0.39 is 0 Å². The highest BCUT2D eigenvalue weighted by Crippen LogP contribution is 2.17. The summed E-state index contributed by atoms with van der Waals surface area (Å²) in [4.78, 5) is 25.3. The zero-order chi connectivity index (χ0) is 15.1. The van der Waals surface area contributed by atoms with Crippen molar-refractivity contribution in [1.29, 1.82) is 0 Å². The van der Waals surface area contributed by atoms with Gasteiger partial charge in [-0.15, -0.1) is 0 Å². The van der Waals surface area contributed by atoms with E-state index in [1.807, 2.05) is 13.8 Å². The number of H-pyrrole nitrogens is 1. The molecule has 0 spiro atoms. The monoisotopic (exact) mass is 281 g/mol. The van der Waals surface area contributed by atoms with Crippen LogP contribution < -0.4 is 11.1 Å². The molecule has 2 amide bonds. The Morgan fingerprint density at radius 1 is 1.35 bits per heavy atom. The van der Waals surface area contributed by atoms with E-state index in [1.165, 1.54) is 4.90 Å². The van der Waals surface area contributed by atoms with E-state index in [-0.39, 0.29) is 24.1 Å². The Labute approximate surface area is 118 Å². The van der Waals surface area contributed by atoms with E-state index in [1.54, 1.807) is 7.05 Å². The van der Waals surface area contributed by atoms with Crippen LogP contribution >= 0.6 is 0 Å². The third-order valence-electron chi connectivity index (χ3n) is 2.98. The van der Waals surface area contributed by atoms with Gasteiger partial charge < -0.3 is 16.0 Å². The summed E-state index contributed by atoms with van der Waals surface area (Å²) >= 11 is 0. The molecule has 0 aromatic carbocycles. The molecule has 0 aliphatic heterocycles. The van der Waals surface area contributed by atoms with Crippen LogP contribution in [0, 0.1) is 0 Å². The van der Waals surface area contributed by atoms with Crippen LogP contribution in [0.5, 0.6) is 0 Å². The number of aryl methyl sites for hydroxylation is 1. The number of hydrogen-bond donors (Lipinski definition) is 3. The molecule has 112 valence electrons. The molecule has 0 saturated heterocycles. The minimum atomic E-state index is -0.313. The van der Waals surface area contributed by atoms with Gasteiger partial charge in [0.25, 0.3) is 5.91 Å². The molecule has 7 heteroatoms. The van der Waals surface area contributed by atoms with Crippen LogP contribution in [0.25, 0.3) is 0 Å². The van der Waals surface area contributed by atoms with Gasteiger partial charge in [-0.1, -0.05) is 20.3 Å². The summed E-state index contributed by atoms with van der Waals surface area (Å²) in [7, 11) is 1.54. The number of nitrogens with one attached hydrogen (secondary N) is 2. The van der Waals surface area contributed by atoms with Crippen LogP contribution in [-0.2, 0) is 11.2 Å². The van der Waals surface area contributed by atoms with Crippen molar-refractivity contribution in [2.75, 3.05) is 25.9 Å². The molecule has 0 radical (unpaired) electrons. The standard InChI is InChI=1S/C13H23N5O2/c1-4-6-9-11(14)12(17-16-9)13(20)18(7-5-2)8-10(19)15-3/h4-8,14H2,1-3H3,(H,15,19)(H,16,17). The fraction of sp³-hybridized carbons (Fsp3) is 0.615. The Hall–Kier alpha value is -2.05. The molecule has 0 saturated carbocycles. The lowest BCUT2D eigenvalue weighted by molar-refractivity contribution is -0.121. The molecule has 1 rings (SSSR count). The number of aromatic amines is 1. The number of hydrogen-bond acceptors (Lipinski definition) is 4. The molecule has 0 aliphatic rings. The Balaban J connectivity index is 2.91. The second-order valence-electron chi connectivity index (χ2n) is 4.61. The van der Waals surface area contributed by atoms with Crippen molar-refractivity contribution >= 4 is 17.5 Å². The van der Waals surface area contributed by atoms with Crippen LogP contribution in [0.2, 0.25) is 0 Å². The third-order valence-corrected chi connectivity index (χ3v) is 2.98. The molecule has 0 bridgehead atoms. The normalized spacial score (nSPS) is 10.3. The van der Waals surface area contributed by atoms with Gasteiger partial charge in [0.15, 0.2) is 5.69 Å². The molecule has 1 heterocycles. The van der Waals surface area contributed by atoms with E-state index in [4.69, 9.17) is 5.73 Å². The number of carbonyl (C=O) groups is 2. The first-order valence-corrected chi connectivity index (χ1v) is 6.87. The van der Waals surface area contributed by atoms with Crippen molar-refractivity contribution in [1.82, 2.24) is 20.4 Å². The van der Waals surface area contributed by atoms with Crippen molar-refractivity contribution < 1.29 is 9.59 Å². The van der Waals surface area contributed by atoms with Gasteiger partial charge in [-0.25, -0.2) is 0 Å². The summed E-state index contributed by atoms with van der Waals surface area (Å²) in [6, 6.07) is 0. The number of likely N-dealkylation sites (N-methyl/N-ethyl adjacent to an activating group) is 1. The first kappa shape index (κ1) is 16.0. The third kappa shape index (κ3) is 3.72. The van der Waals surface area contributed by atoms with Crippen LogP contribution in [0.15, 0.2) is 0 Å². The smallest absolute Gasteiger partial charge is 0.276 e. The van der Waals surface area contributed by atoms with E-state index in [2.05, 4.69) is 15.5 Å². The summed E-state index contributed by atoms with van der Waals surface area (Å²) in [6.45, 7) is 4.47. The van der Waals surface area contributed by atoms with E-state index in [9.17, 15) is 9.59 Å². The van der Waals surface area contributed by atoms with Gasteiger partial charge >= 0.3 is 0 Å². The van der Waals surface area contributed by atoms with Gasteiger partial charge in [-0.2, -0.15) is 5.10 Å². The number of amides is 2. The quantitative estimate of drug-likeness (QED) is 0.678. The SMILES string of the molecule is CCCc1[nH]nc(C(=O)N(CCC)CC(=O)NC)c1N. The van der Waals surface area contributed by atoms with Crippen molar-refractivity contribution in [2.45, 2.75) is 33.1 Å². The lowest BCUT2D eigenvalue weighted by Gasteiger charge is -2.20. The average molecular weight is 281 g/mol. The second-order valence-corrected chi connectivity index (χ2v) is 4.61. The van der Waals surface area contributed by atoms with E-state index >= 15 is 0 Å². The van der Waals surface area contributed by atoms with Crippen LogP contribution in [0.3, 0.4) is 0 Å². The summed E-state index contributed by atoms with van der Waals surface area (Å²) in [6.07, 6.45) is 2.42. The fourth-order valence-electron chi connectivity index (χ4n) is 1.91.